The van der Waals surface area contributed by atoms with Crippen LogP contribution in [0.3, 0.4) is 0 Å². The molecule has 5 nitrogen and oxygen atoms in total. The summed E-state index contributed by atoms with van der Waals surface area (Å²) in [6.45, 7) is 5.94. The Kier molecular flexibility index (Phi) is 6.81. The molecule has 0 aliphatic carbocycles. The van der Waals surface area contributed by atoms with Gasteiger partial charge in [-0.1, -0.05) is 38.1 Å². The number of hydrogen-bond acceptors (Lipinski definition) is 3. The molecule has 0 bridgehead atoms. The number of carbonyl (C=O) groups excluding carboxylic acids is 2. The molecule has 0 aromatic heterocycles. The third kappa shape index (κ3) is 5.45. The Morgan fingerprint density at radius 3 is 2.52 bits per heavy atom. The normalized spacial score (nSPS) is 10.4. The van der Waals surface area contributed by atoms with Crippen molar-refractivity contribution >= 4 is 34.4 Å². The zero-order valence-electron chi connectivity index (χ0n) is 14.4. The lowest BCUT2D eigenvalue weighted by Gasteiger charge is -2.15. The van der Waals surface area contributed by atoms with Gasteiger partial charge in [-0.2, -0.15) is 0 Å². The maximum Gasteiger partial charge on any atom is 0.276 e. The Labute approximate surface area is 161 Å². The Balaban J connectivity index is 1.90. The van der Waals surface area contributed by atoms with Gasteiger partial charge in [0.2, 0.25) is 0 Å². The molecule has 0 saturated heterocycles. The van der Waals surface area contributed by atoms with Crippen LogP contribution in [0.25, 0.3) is 0 Å². The van der Waals surface area contributed by atoms with Crippen molar-refractivity contribution in [2.24, 2.45) is 0 Å². The summed E-state index contributed by atoms with van der Waals surface area (Å²) in [5.74, 6) is 0.194. The van der Waals surface area contributed by atoms with Crippen molar-refractivity contribution in [2.45, 2.75) is 26.7 Å². The smallest absolute Gasteiger partial charge is 0.276 e. The number of ether oxygens (including phenoxy) is 1. The minimum atomic E-state index is -0.421. The van der Waals surface area contributed by atoms with Crippen LogP contribution in [0.1, 0.15) is 41.3 Å². The summed E-state index contributed by atoms with van der Waals surface area (Å²) >= 11 is 2.07. The zero-order chi connectivity index (χ0) is 18.4. The molecule has 0 fully saturated rings. The quantitative estimate of drug-likeness (QED) is 0.539. The summed E-state index contributed by atoms with van der Waals surface area (Å²) in [6.07, 6.45) is 0. The third-order valence-corrected chi connectivity index (χ3v) is 4.52. The van der Waals surface area contributed by atoms with E-state index in [1.165, 1.54) is 0 Å². The highest BCUT2D eigenvalue weighted by Gasteiger charge is 2.12. The Morgan fingerprint density at radius 1 is 1.12 bits per heavy atom. The third-order valence-electron chi connectivity index (χ3n) is 3.58. The van der Waals surface area contributed by atoms with E-state index in [1.54, 1.807) is 12.1 Å². The monoisotopic (exact) mass is 452 g/mol. The van der Waals surface area contributed by atoms with Crippen molar-refractivity contribution in [3.63, 3.8) is 0 Å². The van der Waals surface area contributed by atoms with E-state index >= 15 is 0 Å². The van der Waals surface area contributed by atoms with Crippen LogP contribution in [-0.2, 0) is 4.79 Å². The standard InChI is InChI=1S/C19H21IN2O3/c1-12(2)14-9-8-13(3)10-17(14)25-11-18(23)21-22-19(24)15-6-4-5-7-16(15)20/h4-10,12H,11H2,1-3H3,(H,21,23)(H,22,24). The van der Waals surface area contributed by atoms with E-state index in [2.05, 4.69) is 47.3 Å². The molecule has 0 aliphatic heterocycles. The van der Waals surface area contributed by atoms with Gasteiger partial charge in [-0.15, -0.1) is 0 Å². The van der Waals surface area contributed by atoms with E-state index in [1.807, 2.05) is 37.3 Å². The molecule has 0 heterocycles. The van der Waals surface area contributed by atoms with Crippen LogP contribution in [0, 0.1) is 10.5 Å². The highest BCUT2D eigenvalue weighted by Crippen LogP contribution is 2.27. The number of halogens is 1. The fourth-order valence-electron chi connectivity index (χ4n) is 2.26. The highest BCUT2D eigenvalue weighted by molar-refractivity contribution is 14.1. The van der Waals surface area contributed by atoms with E-state index < -0.39 is 5.91 Å². The molecule has 6 heteroatoms. The lowest BCUT2D eigenvalue weighted by molar-refractivity contribution is -0.123. The van der Waals surface area contributed by atoms with E-state index in [0.717, 1.165) is 14.7 Å². The summed E-state index contributed by atoms with van der Waals surface area (Å²) in [7, 11) is 0. The number of carbonyl (C=O) groups is 2. The minimum absolute atomic E-state index is 0.171. The number of nitrogens with one attached hydrogen (secondary N) is 2. The molecule has 0 aliphatic rings. The van der Waals surface area contributed by atoms with Crippen LogP contribution in [0.5, 0.6) is 5.75 Å². The molecule has 2 aromatic rings. The van der Waals surface area contributed by atoms with Gasteiger partial charge in [0.25, 0.3) is 11.8 Å². The Bertz CT molecular complexity index is 775. The van der Waals surface area contributed by atoms with Crippen molar-refractivity contribution in [2.75, 3.05) is 6.61 Å². The number of hydrogen-bond donors (Lipinski definition) is 2. The molecule has 0 radical (unpaired) electrons. The van der Waals surface area contributed by atoms with Crippen LogP contribution >= 0.6 is 22.6 Å². The Morgan fingerprint density at radius 2 is 1.84 bits per heavy atom. The van der Waals surface area contributed by atoms with E-state index in [-0.39, 0.29) is 12.5 Å². The number of aryl methyl sites for hydroxylation is 1. The van der Waals surface area contributed by atoms with E-state index in [4.69, 9.17) is 4.74 Å². The second kappa shape index (κ2) is 8.84. The van der Waals surface area contributed by atoms with Crippen LogP contribution < -0.4 is 15.6 Å². The number of hydrazine groups is 1. The van der Waals surface area contributed by atoms with Crippen molar-refractivity contribution in [1.29, 1.82) is 0 Å². The first-order chi connectivity index (χ1) is 11.9. The topological polar surface area (TPSA) is 67.4 Å². The maximum atomic E-state index is 12.1. The lowest BCUT2D eigenvalue weighted by Crippen LogP contribution is -2.44. The second-order valence-corrected chi connectivity index (χ2v) is 7.13. The van der Waals surface area contributed by atoms with Gasteiger partial charge >= 0.3 is 0 Å². The summed E-state index contributed by atoms with van der Waals surface area (Å²) < 4.78 is 6.45. The Hall–Kier alpha value is -2.09. The molecule has 0 saturated carbocycles. The average molecular weight is 452 g/mol. The zero-order valence-corrected chi connectivity index (χ0v) is 16.6. The van der Waals surface area contributed by atoms with Gasteiger partial charge in [-0.25, -0.2) is 0 Å². The molecule has 25 heavy (non-hydrogen) atoms. The lowest BCUT2D eigenvalue weighted by atomic mass is 10.0. The molecule has 0 atom stereocenters. The molecule has 2 aromatic carbocycles. The van der Waals surface area contributed by atoms with Crippen molar-refractivity contribution < 1.29 is 14.3 Å². The second-order valence-electron chi connectivity index (χ2n) is 5.97. The summed E-state index contributed by atoms with van der Waals surface area (Å²) in [6, 6.07) is 13.1. The average Bonchev–Trinajstić information content (AvgIpc) is 2.58. The fourth-order valence-corrected chi connectivity index (χ4v) is 2.89. The molecule has 2 N–H and O–H groups in total. The SMILES string of the molecule is Cc1ccc(C(C)C)c(OCC(=O)NNC(=O)c2ccccc2I)c1. The number of benzene rings is 2. The first-order valence-corrected chi connectivity index (χ1v) is 9.03. The van der Waals surface area contributed by atoms with Crippen molar-refractivity contribution in [1.82, 2.24) is 10.9 Å². The number of amides is 2. The van der Waals surface area contributed by atoms with Gasteiger partial charge in [0.15, 0.2) is 6.61 Å². The molecular formula is C19H21IN2O3. The molecule has 132 valence electrons. The summed E-state index contributed by atoms with van der Waals surface area (Å²) in [5, 5.41) is 0. The predicted molar refractivity (Wildman–Crippen MR) is 106 cm³/mol. The highest BCUT2D eigenvalue weighted by atomic mass is 127. The van der Waals surface area contributed by atoms with Crippen LogP contribution in [0.4, 0.5) is 0 Å². The summed E-state index contributed by atoms with van der Waals surface area (Å²) in [5.41, 5.74) is 7.39. The molecule has 0 unspecified atom stereocenters. The predicted octanol–water partition coefficient (Wildman–Crippen LogP) is 3.56. The van der Waals surface area contributed by atoms with Gasteiger partial charge in [0.1, 0.15) is 5.75 Å². The first kappa shape index (κ1) is 19.2. The summed E-state index contributed by atoms with van der Waals surface area (Å²) in [4.78, 5) is 24.0. The minimum Gasteiger partial charge on any atom is -0.483 e. The van der Waals surface area contributed by atoms with Crippen LogP contribution in [0.15, 0.2) is 42.5 Å². The molecule has 2 rings (SSSR count). The molecular weight excluding hydrogens is 431 g/mol. The number of rotatable bonds is 5. The first-order valence-electron chi connectivity index (χ1n) is 7.95. The van der Waals surface area contributed by atoms with Crippen LogP contribution in [-0.4, -0.2) is 18.4 Å². The van der Waals surface area contributed by atoms with Crippen molar-refractivity contribution in [3.05, 3.63) is 62.7 Å². The van der Waals surface area contributed by atoms with E-state index in [9.17, 15) is 9.59 Å². The molecule has 2 amide bonds. The maximum absolute atomic E-state index is 12.1. The largest absolute Gasteiger partial charge is 0.483 e. The van der Waals surface area contributed by atoms with Crippen LogP contribution in [0.2, 0.25) is 0 Å². The van der Waals surface area contributed by atoms with E-state index in [0.29, 0.717) is 17.2 Å². The van der Waals surface area contributed by atoms with Gasteiger partial charge in [0.05, 0.1) is 5.56 Å². The van der Waals surface area contributed by atoms with Gasteiger partial charge < -0.3 is 4.74 Å². The van der Waals surface area contributed by atoms with Gasteiger partial charge in [0, 0.05) is 3.57 Å². The molecule has 0 spiro atoms. The van der Waals surface area contributed by atoms with Crippen molar-refractivity contribution in [3.8, 4) is 5.75 Å². The van der Waals surface area contributed by atoms with Gasteiger partial charge in [-0.3, -0.25) is 20.4 Å². The van der Waals surface area contributed by atoms with Gasteiger partial charge in [-0.05, 0) is 64.8 Å². The fraction of sp³-hybridized carbons (Fsp3) is 0.263.